The summed E-state index contributed by atoms with van der Waals surface area (Å²) in [7, 11) is 1.40. The van der Waals surface area contributed by atoms with Gasteiger partial charge in [0.25, 0.3) is 0 Å². The Balaban J connectivity index is 2.67. The van der Waals surface area contributed by atoms with Crippen molar-refractivity contribution in [3.8, 4) is 0 Å². The van der Waals surface area contributed by atoms with Gasteiger partial charge >= 0.3 is 5.97 Å². The van der Waals surface area contributed by atoms with Gasteiger partial charge in [-0.2, -0.15) is 0 Å². The van der Waals surface area contributed by atoms with Crippen molar-refractivity contribution in [1.29, 1.82) is 0 Å². The average Bonchev–Trinajstić information content (AvgIpc) is 2.68. The highest BCUT2D eigenvalue weighted by atomic mass is 32.1. The van der Waals surface area contributed by atoms with E-state index in [0.717, 1.165) is 23.5 Å². The summed E-state index contributed by atoms with van der Waals surface area (Å²) in [5, 5.41) is 3.09. The van der Waals surface area contributed by atoms with E-state index in [2.05, 4.69) is 23.6 Å². The number of thiazole rings is 1. The molecule has 1 rings (SSSR count). The summed E-state index contributed by atoms with van der Waals surface area (Å²) < 4.78 is 4.60. The van der Waals surface area contributed by atoms with Gasteiger partial charge in [0.2, 0.25) is 0 Å². The molecule has 1 aromatic heterocycles. The number of methoxy groups -OCH3 is 1. The van der Waals surface area contributed by atoms with Gasteiger partial charge in [-0.1, -0.05) is 13.8 Å². The molecule has 0 spiro atoms. The minimum Gasteiger partial charge on any atom is -0.469 e. The van der Waals surface area contributed by atoms with Crippen LogP contribution in [0.2, 0.25) is 0 Å². The largest absolute Gasteiger partial charge is 0.469 e. The summed E-state index contributed by atoms with van der Waals surface area (Å²) in [6, 6.07) is 0. The van der Waals surface area contributed by atoms with Crippen LogP contribution in [-0.2, 0) is 16.0 Å². The normalized spacial score (nSPS) is 10.7. The van der Waals surface area contributed by atoms with E-state index in [4.69, 9.17) is 0 Å². The van der Waals surface area contributed by atoms with E-state index in [0.29, 0.717) is 5.92 Å². The van der Waals surface area contributed by atoms with Gasteiger partial charge < -0.3 is 4.74 Å². The van der Waals surface area contributed by atoms with Crippen molar-refractivity contribution in [3.63, 3.8) is 0 Å². The molecule has 0 fully saturated rings. The summed E-state index contributed by atoms with van der Waals surface area (Å²) in [6.07, 6.45) is 2.48. The molecule has 0 N–H and O–H groups in total. The molecule has 0 radical (unpaired) electrons. The number of aromatic nitrogens is 1. The van der Waals surface area contributed by atoms with Crippen molar-refractivity contribution in [2.24, 2.45) is 0 Å². The molecule has 0 aliphatic heterocycles. The number of esters is 1. The van der Waals surface area contributed by atoms with Crippen LogP contribution in [0.15, 0.2) is 5.38 Å². The van der Waals surface area contributed by atoms with Gasteiger partial charge in [-0.3, -0.25) is 4.79 Å². The maximum atomic E-state index is 11.0. The third kappa shape index (κ3) is 3.30. The molecule has 0 aliphatic carbocycles. The summed E-state index contributed by atoms with van der Waals surface area (Å²) in [5.41, 5.74) is 0.828. The maximum Gasteiger partial charge on any atom is 0.311 e. The Labute approximate surface area is 94.5 Å². The second kappa shape index (κ2) is 5.85. The van der Waals surface area contributed by atoms with Crippen molar-refractivity contribution < 1.29 is 9.53 Å². The number of rotatable bonds is 5. The van der Waals surface area contributed by atoms with Gasteiger partial charge in [0.15, 0.2) is 0 Å². The summed E-state index contributed by atoms with van der Waals surface area (Å²) in [6.45, 7) is 4.32. The van der Waals surface area contributed by atoms with Crippen LogP contribution >= 0.6 is 11.3 Å². The van der Waals surface area contributed by atoms with E-state index in [1.807, 2.05) is 5.38 Å². The number of nitrogens with zero attached hydrogens (tertiary/aromatic N) is 1. The Kier molecular flexibility index (Phi) is 4.75. The molecule has 0 saturated heterocycles. The summed E-state index contributed by atoms with van der Waals surface area (Å²) in [5.74, 6) is 0.304. The van der Waals surface area contributed by atoms with Gasteiger partial charge in [0, 0.05) is 11.3 Å². The third-order valence-corrected chi connectivity index (χ3v) is 3.51. The average molecular weight is 227 g/mol. The van der Waals surface area contributed by atoms with Crippen molar-refractivity contribution in [3.05, 3.63) is 16.1 Å². The molecule has 0 saturated carbocycles. The highest BCUT2D eigenvalue weighted by Gasteiger charge is 2.13. The minimum atomic E-state index is -0.226. The Morgan fingerprint density at radius 1 is 1.53 bits per heavy atom. The van der Waals surface area contributed by atoms with Crippen LogP contribution in [0.5, 0.6) is 0 Å². The Morgan fingerprint density at radius 3 is 2.73 bits per heavy atom. The number of hydrogen-bond donors (Lipinski definition) is 0. The Morgan fingerprint density at radius 2 is 2.20 bits per heavy atom. The minimum absolute atomic E-state index is 0.226. The lowest BCUT2D eigenvalue weighted by molar-refractivity contribution is -0.139. The van der Waals surface area contributed by atoms with Crippen LogP contribution in [0.1, 0.15) is 43.3 Å². The number of hydrogen-bond acceptors (Lipinski definition) is 4. The van der Waals surface area contributed by atoms with Crippen molar-refractivity contribution in [1.82, 2.24) is 4.98 Å². The maximum absolute atomic E-state index is 11.0. The molecule has 4 heteroatoms. The predicted octanol–water partition coefficient (Wildman–Crippen LogP) is 2.76. The zero-order valence-corrected chi connectivity index (χ0v) is 10.3. The fraction of sp³-hybridized carbons (Fsp3) is 0.636. The van der Waals surface area contributed by atoms with Gasteiger partial charge in [0.1, 0.15) is 0 Å². The van der Waals surface area contributed by atoms with Crippen LogP contribution in [0.25, 0.3) is 0 Å². The molecule has 3 nitrogen and oxygen atoms in total. The molecule has 1 aromatic rings. The molecule has 15 heavy (non-hydrogen) atoms. The molecule has 1 heterocycles. The van der Waals surface area contributed by atoms with E-state index in [1.54, 1.807) is 11.3 Å². The molecular formula is C11H17NO2S. The first-order chi connectivity index (χ1) is 7.21. The lowest BCUT2D eigenvalue weighted by Gasteiger charge is -2.06. The number of carbonyl (C=O) groups is 1. The first kappa shape index (κ1) is 12.2. The first-order valence-electron chi connectivity index (χ1n) is 5.22. The highest BCUT2D eigenvalue weighted by molar-refractivity contribution is 7.09. The van der Waals surface area contributed by atoms with E-state index in [-0.39, 0.29) is 12.4 Å². The van der Waals surface area contributed by atoms with Crippen LogP contribution < -0.4 is 0 Å². The molecule has 0 aliphatic rings. The fourth-order valence-electron chi connectivity index (χ4n) is 1.45. The molecule has 0 aromatic carbocycles. The Bertz CT molecular complexity index is 318. The van der Waals surface area contributed by atoms with Crippen molar-refractivity contribution in [2.45, 2.75) is 39.0 Å². The Hall–Kier alpha value is -0.900. The number of carbonyl (C=O) groups excluding carboxylic acids is 1. The molecule has 0 amide bonds. The second-order valence-electron chi connectivity index (χ2n) is 3.44. The van der Waals surface area contributed by atoms with E-state index in [1.165, 1.54) is 7.11 Å². The lowest BCUT2D eigenvalue weighted by Crippen LogP contribution is -2.05. The molecular weight excluding hydrogens is 210 g/mol. The predicted molar refractivity (Wildman–Crippen MR) is 61.2 cm³/mol. The molecule has 0 bridgehead atoms. The smallest absolute Gasteiger partial charge is 0.311 e. The first-order valence-corrected chi connectivity index (χ1v) is 6.10. The monoisotopic (exact) mass is 227 g/mol. The van der Waals surface area contributed by atoms with Gasteiger partial charge in [-0.15, -0.1) is 11.3 Å². The summed E-state index contributed by atoms with van der Waals surface area (Å²) in [4.78, 5) is 15.5. The van der Waals surface area contributed by atoms with E-state index >= 15 is 0 Å². The third-order valence-electron chi connectivity index (χ3n) is 2.46. The fourth-order valence-corrected chi connectivity index (χ4v) is 2.54. The van der Waals surface area contributed by atoms with E-state index in [9.17, 15) is 4.79 Å². The second-order valence-corrected chi connectivity index (χ2v) is 4.33. The number of ether oxygens (including phenoxy) is 1. The van der Waals surface area contributed by atoms with E-state index < -0.39 is 0 Å². The molecule has 84 valence electrons. The zero-order chi connectivity index (χ0) is 11.3. The van der Waals surface area contributed by atoms with Crippen molar-refractivity contribution >= 4 is 17.3 Å². The molecule has 0 atom stereocenters. The highest BCUT2D eigenvalue weighted by Crippen LogP contribution is 2.26. The van der Waals surface area contributed by atoms with Crippen LogP contribution in [0.3, 0.4) is 0 Å². The van der Waals surface area contributed by atoms with Crippen LogP contribution in [0.4, 0.5) is 0 Å². The quantitative estimate of drug-likeness (QED) is 0.726. The van der Waals surface area contributed by atoms with Gasteiger partial charge in [-0.25, -0.2) is 4.98 Å². The topological polar surface area (TPSA) is 39.2 Å². The van der Waals surface area contributed by atoms with Gasteiger partial charge in [-0.05, 0) is 12.8 Å². The lowest BCUT2D eigenvalue weighted by atomic mass is 10.1. The van der Waals surface area contributed by atoms with Crippen molar-refractivity contribution in [2.75, 3.05) is 7.11 Å². The SMILES string of the molecule is CCC(CC)c1nc(CC(=O)OC)cs1. The molecule has 0 unspecified atom stereocenters. The standard InChI is InChI=1S/C11H17NO2S/c1-4-8(5-2)11-12-9(7-15-11)6-10(13)14-3/h7-8H,4-6H2,1-3H3. The van der Waals surface area contributed by atoms with Crippen LogP contribution in [-0.4, -0.2) is 18.1 Å². The van der Waals surface area contributed by atoms with Gasteiger partial charge in [0.05, 0.1) is 24.2 Å². The summed E-state index contributed by atoms with van der Waals surface area (Å²) >= 11 is 1.64. The van der Waals surface area contributed by atoms with Crippen LogP contribution in [0, 0.1) is 0 Å². The zero-order valence-electron chi connectivity index (χ0n) is 9.45.